The van der Waals surface area contributed by atoms with E-state index in [0.29, 0.717) is 38.0 Å². The lowest BCUT2D eigenvalue weighted by molar-refractivity contribution is 0.0519. The van der Waals surface area contributed by atoms with Crippen molar-refractivity contribution in [2.45, 2.75) is 12.8 Å². The Morgan fingerprint density at radius 1 is 1.27 bits per heavy atom. The predicted octanol–water partition coefficient (Wildman–Crippen LogP) is 5.63. The van der Waals surface area contributed by atoms with Gasteiger partial charge in [-0.2, -0.15) is 0 Å². The summed E-state index contributed by atoms with van der Waals surface area (Å²) in [5.74, 6) is -0.186. The van der Waals surface area contributed by atoms with Crippen molar-refractivity contribution in [3.63, 3.8) is 0 Å². The van der Waals surface area contributed by atoms with Crippen LogP contribution in [0.3, 0.4) is 0 Å². The summed E-state index contributed by atoms with van der Waals surface area (Å²) >= 11 is 12.6. The number of methoxy groups -OCH3 is 1. The quantitative estimate of drug-likeness (QED) is 0.574. The molecule has 0 fully saturated rings. The number of fused-ring (bicyclic) bond motifs is 1. The molecule has 3 aromatic rings. The van der Waals surface area contributed by atoms with Crippen molar-refractivity contribution in [1.82, 2.24) is 4.98 Å². The minimum absolute atomic E-state index is 0.262. The number of aromatic amines is 1. The summed E-state index contributed by atoms with van der Waals surface area (Å²) in [6.45, 7) is 6.30. The molecule has 0 aliphatic rings. The van der Waals surface area contributed by atoms with Crippen LogP contribution in [-0.4, -0.2) is 24.7 Å². The molecular weight excluding hydrogens is 373 g/mol. The van der Waals surface area contributed by atoms with Crippen molar-refractivity contribution < 1.29 is 14.3 Å². The van der Waals surface area contributed by atoms with Gasteiger partial charge in [0.1, 0.15) is 11.4 Å². The van der Waals surface area contributed by atoms with E-state index in [1.807, 2.05) is 24.3 Å². The lowest BCUT2D eigenvalue weighted by atomic mass is 9.90. The van der Waals surface area contributed by atoms with Crippen LogP contribution in [0, 0.1) is 6.92 Å². The van der Waals surface area contributed by atoms with Crippen molar-refractivity contribution >= 4 is 40.1 Å². The molecule has 0 saturated carbocycles. The maximum absolute atomic E-state index is 12.5. The van der Waals surface area contributed by atoms with E-state index < -0.39 is 11.9 Å². The molecule has 3 rings (SSSR count). The number of halogens is 2. The maximum Gasteiger partial charge on any atom is 0.355 e. The SMILES string of the molecule is [CH2]C(c1ccccc1OC)c1c(C(=O)OCC)[nH]c2cc(Cl)cc(Cl)c12. The molecule has 4 nitrogen and oxygen atoms in total. The monoisotopic (exact) mass is 390 g/mol. The molecule has 1 atom stereocenters. The molecule has 1 N–H and O–H groups in total. The third-order valence-corrected chi connectivity index (χ3v) is 4.71. The van der Waals surface area contributed by atoms with Crippen molar-refractivity contribution in [1.29, 1.82) is 0 Å². The van der Waals surface area contributed by atoms with Gasteiger partial charge in [0, 0.05) is 33.0 Å². The standard InChI is InChI=1S/C20H18Cl2NO3/c1-4-26-20(24)19-17(11(2)13-7-5-6-8-16(13)25-3)18-14(22)9-12(21)10-15(18)23-19/h5-11,23H,2,4H2,1,3H3. The van der Waals surface area contributed by atoms with Gasteiger partial charge < -0.3 is 14.5 Å². The second-order valence-electron chi connectivity index (χ2n) is 5.74. The zero-order valence-corrected chi connectivity index (χ0v) is 15.9. The molecule has 135 valence electrons. The summed E-state index contributed by atoms with van der Waals surface area (Å²) in [5, 5.41) is 1.62. The Labute approximate surface area is 162 Å². The number of rotatable bonds is 5. The van der Waals surface area contributed by atoms with Gasteiger partial charge in [0.2, 0.25) is 0 Å². The molecular formula is C20H18Cl2NO3. The van der Waals surface area contributed by atoms with E-state index in [4.69, 9.17) is 32.7 Å². The van der Waals surface area contributed by atoms with E-state index >= 15 is 0 Å². The van der Waals surface area contributed by atoms with Crippen LogP contribution in [0.25, 0.3) is 10.9 Å². The Hall–Kier alpha value is -2.17. The highest BCUT2D eigenvalue weighted by Crippen LogP contribution is 2.41. The normalized spacial score (nSPS) is 12.2. The van der Waals surface area contributed by atoms with Crippen LogP contribution in [0.2, 0.25) is 10.0 Å². The number of carbonyl (C=O) groups is 1. The number of para-hydroxylation sites is 1. The molecule has 0 spiro atoms. The molecule has 0 amide bonds. The summed E-state index contributed by atoms with van der Waals surface area (Å²) in [5.41, 5.74) is 2.47. The molecule has 1 aromatic heterocycles. The fourth-order valence-corrected chi connectivity index (χ4v) is 3.69. The van der Waals surface area contributed by atoms with Gasteiger partial charge in [-0.3, -0.25) is 0 Å². The number of esters is 1. The Kier molecular flexibility index (Phi) is 5.44. The van der Waals surface area contributed by atoms with E-state index in [1.54, 1.807) is 26.2 Å². The number of benzene rings is 2. The van der Waals surface area contributed by atoms with Gasteiger partial charge in [-0.15, -0.1) is 0 Å². The molecule has 6 heteroatoms. The summed E-state index contributed by atoms with van der Waals surface area (Å²) in [7, 11) is 1.60. The maximum atomic E-state index is 12.5. The lowest BCUT2D eigenvalue weighted by Crippen LogP contribution is -2.10. The van der Waals surface area contributed by atoms with Crippen LogP contribution in [-0.2, 0) is 4.74 Å². The number of carbonyl (C=O) groups excluding carboxylic acids is 1. The molecule has 1 heterocycles. The lowest BCUT2D eigenvalue weighted by Gasteiger charge is -2.17. The first-order chi connectivity index (χ1) is 12.5. The van der Waals surface area contributed by atoms with E-state index in [9.17, 15) is 4.79 Å². The molecule has 1 radical (unpaired) electrons. The van der Waals surface area contributed by atoms with Gasteiger partial charge in [-0.05, 0) is 32.0 Å². The Bertz CT molecular complexity index is 965. The second kappa shape index (κ2) is 7.60. The van der Waals surface area contributed by atoms with Gasteiger partial charge in [0.05, 0.1) is 18.7 Å². The van der Waals surface area contributed by atoms with Gasteiger partial charge in [0.25, 0.3) is 0 Å². The molecule has 0 aliphatic heterocycles. The fourth-order valence-electron chi connectivity index (χ4n) is 3.10. The van der Waals surface area contributed by atoms with Gasteiger partial charge >= 0.3 is 5.97 Å². The molecule has 1 unspecified atom stereocenters. The van der Waals surface area contributed by atoms with Crippen LogP contribution in [0.15, 0.2) is 36.4 Å². The number of nitrogens with one attached hydrogen (secondary N) is 1. The molecule has 0 aliphatic carbocycles. The summed E-state index contributed by atoms with van der Waals surface area (Å²) in [6, 6.07) is 10.9. The van der Waals surface area contributed by atoms with Crippen molar-refractivity contribution in [3.05, 3.63) is 70.2 Å². The van der Waals surface area contributed by atoms with Crippen LogP contribution in [0.1, 0.15) is 34.5 Å². The minimum Gasteiger partial charge on any atom is -0.496 e. The Morgan fingerprint density at radius 2 is 2.00 bits per heavy atom. The molecule has 26 heavy (non-hydrogen) atoms. The first-order valence-corrected chi connectivity index (χ1v) is 8.87. The van der Waals surface area contributed by atoms with Crippen LogP contribution in [0.5, 0.6) is 5.75 Å². The number of hydrogen-bond acceptors (Lipinski definition) is 3. The smallest absolute Gasteiger partial charge is 0.355 e. The average Bonchev–Trinajstić information content (AvgIpc) is 3.01. The highest BCUT2D eigenvalue weighted by Gasteiger charge is 2.27. The first-order valence-electron chi connectivity index (χ1n) is 8.11. The van der Waals surface area contributed by atoms with Crippen LogP contribution in [0.4, 0.5) is 0 Å². The van der Waals surface area contributed by atoms with E-state index in [1.165, 1.54) is 0 Å². The van der Waals surface area contributed by atoms with Crippen molar-refractivity contribution in [3.8, 4) is 5.75 Å². The highest BCUT2D eigenvalue weighted by atomic mass is 35.5. The number of ether oxygens (including phenoxy) is 2. The third-order valence-electron chi connectivity index (χ3n) is 4.20. The second-order valence-corrected chi connectivity index (χ2v) is 6.58. The van der Waals surface area contributed by atoms with Gasteiger partial charge in [-0.1, -0.05) is 41.4 Å². The zero-order chi connectivity index (χ0) is 18.8. The molecule has 0 bridgehead atoms. The van der Waals surface area contributed by atoms with Crippen LogP contribution < -0.4 is 4.74 Å². The zero-order valence-electron chi connectivity index (χ0n) is 14.4. The van der Waals surface area contributed by atoms with E-state index in [2.05, 4.69) is 11.9 Å². The highest BCUT2D eigenvalue weighted by molar-refractivity contribution is 6.39. The first kappa shape index (κ1) is 18.6. The largest absolute Gasteiger partial charge is 0.496 e. The number of aromatic nitrogens is 1. The average molecular weight is 391 g/mol. The third kappa shape index (κ3) is 3.27. The molecule has 2 aromatic carbocycles. The minimum atomic E-state index is -0.463. The van der Waals surface area contributed by atoms with Gasteiger partial charge in [0.15, 0.2) is 0 Å². The number of hydrogen-bond donors (Lipinski definition) is 1. The van der Waals surface area contributed by atoms with E-state index in [0.717, 1.165) is 5.56 Å². The van der Waals surface area contributed by atoms with Crippen molar-refractivity contribution in [2.24, 2.45) is 0 Å². The Balaban J connectivity index is 2.28. The fraction of sp³-hybridized carbons (Fsp3) is 0.200. The van der Waals surface area contributed by atoms with Crippen molar-refractivity contribution in [2.75, 3.05) is 13.7 Å². The van der Waals surface area contributed by atoms with E-state index in [-0.39, 0.29) is 6.61 Å². The van der Waals surface area contributed by atoms with Gasteiger partial charge in [-0.25, -0.2) is 4.79 Å². The summed E-state index contributed by atoms with van der Waals surface area (Å²) in [4.78, 5) is 15.6. The number of H-pyrrole nitrogens is 1. The summed E-state index contributed by atoms with van der Waals surface area (Å²) in [6.07, 6.45) is 0. The summed E-state index contributed by atoms with van der Waals surface area (Å²) < 4.78 is 10.7. The van der Waals surface area contributed by atoms with Crippen LogP contribution >= 0.6 is 23.2 Å². The topological polar surface area (TPSA) is 51.3 Å². The predicted molar refractivity (Wildman–Crippen MR) is 104 cm³/mol. The Morgan fingerprint density at radius 3 is 2.69 bits per heavy atom. The molecule has 0 saturated heterocycles.